The number of ether oxygens (including phenoxy) is 2. The van der Waals surface area contributed by atoms with Gasteiger partial charge in [-0.3, -0.25) is 0 Å². The maximum absolute atomic E-state index is 11.6. The van der Waals surface area contributed by atoms with E-state index in [2.05, 4.69) is 10.6 Å². The molecule has 1 aliphatic heterocycles. The lowest BCUT2D eigenvalue weighted by Crippen LogP contribution is -2.46. The summed E-state index contributed by atoms with van der Waals surface area (Å²) in [5.74, 6) is 1.33. The number of aliphatic hydroxyl groups is 1. The predicted octanol–water partition coefficient (Wildman–Crippen LogP) is 1.94. The summed E-state index contributed by atoms with van der Waals surface area (Å²) in [5.41, 5.74) is 0.470. The molecule has 21 heavy (non-hydrogen) atoms. The number of urea groups is 1. The lowest BCUT2D eigenvalue weighted by atomic mass is 10.1. The molecule has 0 fully saturated rings. The molecule has 1 aromatic rings. The van der Waals surface area contributed by atoms with Crippen LogP contribution in [0, 0.1) is 0 Å². The first kappa shape index (κ1) is 15.4. The number of hydrogen-bond acceptors (Lipinski definition) is 4. The van der Waals surface area contributed by atoms with Crippen molar-refractivity contribution in [2.75, 3.05) is 13.3 Å². The van der Waals surface area contributed by atoms with Crippen molar-refractivity contribution in [2.24, 2.45) is 0 Å². The van der Waals surface area contributed by atoms with Gasteiger partial charge in [0.05, 0.1) is 6.10 Å². The third kappa shape index (κ3) is 4.53. The summed E-state index contributed by atoms with van der Waals surface area (Å²) in [4.78, 5) is 11.6. The van der Waals surface area contributed by atoms with E-state index in [0.29, 0.717) is 24.5 Å². The van der Waals surface area contributed by atoms with Crippen molar-refractivity contribution in [3.63, 3.8) is 0 Å². The van der Waals surface area contributed by atoms with Crippen LogP contribution in [0.25, 0.3) is 0 Å². The van der Waals surface area contributed by atoms with Crippen molar-refractivity contribution in [1.82, 2.24) is 10.6 Å². The number of fused-ring (bicyclic) bond motifs is 1. The first-order chi connectivity index (χ1) is 9.85. The molecular formula is C15H22N2O4. The van der Waals surface area contributed by atoms with Gasteiger partial charge in [-0.25, -0.2) is 4.79 Å². The van der Waals surface area contributed by atoms with Crippen LogP contribution < -0.4 is 20.1 Å². The molecule has 2 rings (SSSR count). The van der Waals surface area contributed by atoms with E-state index < -0.39 is 6.10 Å². The Hall–Kier alpha value is -1.95. The van der Waals surface area contributed by atoms with Crippen LogP contribution in [0.3, 0.4) is 0 Å². The number of carbonyl (C=O) groups excluding carboxylic acids is 1. The molecule has 1 atom stereocenters. The van der Waals surface area contributed by atoms with Gasteiger partial charge in [0.1, 0.15) is 0 Å². The Labute approximate surface area is 124 Å². The number of benzene rings is 1. The highest BCUT2D eigenvalue weighted by atomic mass is 16.7. The number of aliphatic hydroxyl groups excluding tert-OH is 1. The molecule has 116 valence electrons. The first-order valence-corrected chi connectivity index (χ1v) is 6.99. The zero-order valence-electron chi connectivity index (χ0n) is 12.6. The van der Waals surface area contributed by atoms with Crippen molar-refractivity contribution in [1.29, 1.82) is 0 Å². The van der Waals surface area contributed by atoms with E-state index in [1.165, 1.54) is 0 Å². The molecule has 2 amide bonds. The van der Waals surface area contributed by atoms with E-state index in [9.17, 15) is 9.90 Å². The molecule has 1 heterocycles. The smallest absolute Gasteiger partial charge is 0.315 e. The quantitative estimate of drug-likeness (QED) is 0.793. The van der Waals surface area contributed by atoms with Crippen molar-refractivity contribution in [3.8, 4) is 11.5 Å². The van der Waals surface area contributed by atoms with Gasteiger partial charge < -0.3 is 25.2 Å². The lowest BCUT2D eigenvalue weighted by molar-refractivity contribution is 0.164. The maximum Gasteiger partial charge on any atom is 0.315 e. The molecule has 0 saturated heterocycles. The molecule has 0 radical (unpaired) electrons. The van der Waals surface area contributed by atoms with Crippen molar-refractivity contribution < 1.29 is 19.4 Å². The highest BCUT2D eigenvalue weighted by Gasteiger charge is 2.17. The SMILES string of the molecule is CC(C)(C)NC(=O)NCCC(O)c1ccc2c(c1)OCO2. The van der Waals surface area contributed by atoms with Crippen LogP contribution >= 0.6 is 0 Å². The topological polar surface area (TPSA) is 79.8 Å². The lowest BCUT2D eigenvalue weighted by Gasteiger charge is -2.21. The van der Waals surface area contributed by atoms with E-state index in [1.54, 1.807) is 18.2 Å². The van der Waals surface area contributed by atoms with E-state index >= 15 is 0 Å². The van der Waals surface area contributed by atoms with Crippen LogP contribution in [0.5, 0.6) is 11.5 Å². The Bertz CT molecular complexity index is 511. The molecule has 0 aliphatic carbocycles. The van der Waals surface area contributed by atoms with E-state index in [-0.39, 0.29) is 18.4 Å². The number of rotatable bonds is 4. The van der Waals surface area contributed by atoms with Gasteiger partial charge in [-0.05, 0) is 44.9 Å². The number of hydrogen-bond donors (Lipinski definition) is 3. The summed E-state index contributed by atoms with van der Waals surface area (Å²) >= 11 is 0. The highest BCUT2D eigenvalue weighted by molar-refractivity contribution is 5.74. The van der Waals surface area contributed by atoms with Crippen LogP contribution in [-0.4, -0.2) is 30.0 Å². The van der Waals surface area contributed by atoms with Crippen molar-refractivity contribution >= 4 is 6.03 Å². The second kappa shape index (κ2) is 6.22. The minimum atomic E-state index is -0.658. The zero-order valence-corrected chi connectivity index (χ0v) is 12.6. The summed E-state index contributed by atoms with van der Waals surface area (Å²) in [7, 11) is 0. The number of nitrogens with one attached hydrogen (secondary N) is 2. The van der Waals surface area contributed by atoms with Gasteiger partial charge in [0.2, 0.25) is 6.79 Å². The largest absolute Gasteiger partial charge is 0.454 e. The molecule has 0 saturated carbocycles. The van der Waals surface area contributed by atoms with Crippen LogP contribution in [0.1, 0.15) is 38.9 Å². The Morgan fingerprint density at radius 1 is 1.33 bits per heavy atom. The molecule has 3 N–H and O–H groups in total. The third-order valence-corrected chi connectivity index (χ3v) is 2.97. The van der Waals surface area contributed by atoms with Crippen LogP contribution in [0.15, 0.2) is 18.2 Å². The number of carbonyl (C=O) groups is 1. The van der Waals surface area contributed by atoms with Gasteiger partial charge in [0, 0.05) is 12.1 Å². The summed E-state index contributed by atoms with van der Waals surface area (Å²) in [6.45, 7) is 6.33. The normalized spacial score (nSPS) is 14.7. The molecule has 6 heteroatoms. The second-order valence-corrected chi connectivity index (χ2v) is 6.05. The molecule has 0 aromatic heterocycles. The van der Waals surface area contributed by atoms with Crippen LogP contribution in [0.2, 0.25) is 0 Å². The monoisotopic (exact) mass is 294 g/mol. The van der Waals surface area contributed by atoms with Gasteiger partial charge in [-0.15, -0.1) is 0 Å². The Balaban J connectivity index is 1.80. The first-order valence-electron chi connectivity index (χ1n) is 6.99. The summed E-state index contributed by atoms with van der Waals surface area (Å²) in [5, 5.41) is 15.7. The average Bonchev–Trinajstić information content (AvgIpc) is 2.83. The van der Waals surface area contributed by atoms with E-state index in [4.69, 9.17) is 9.47 Å². The van der Waals surface area contributed by atoms with E-state index in [0.717, 1.165) is 5.56 Å². The van der Waals surface area contributed by atoms with Crippen LogP contribution in [0.4, 0.5) is 4.79 Å². The minimum absolute atomic E-state index is 0.212. The Kier molecular flexibility index (Phi) is 4.57. The van der Waals surface area contributed by atoms with E-state index in [1.807, 2.05) is 20.8 Å². The minimum Gasteiger partial charge on any atom is -0.454 e. The fraction of sp³-hybridized carbons (Fsp3) is 0.533. The predicted molar refractivity (Wildman–Crippen MR) is 78.4 cm³/mol. The summed E-state index contributed by atoms with van der Waals surface area (Å²) in [6.07, 6.45) is -0.230. The molecule has 6 nitrogen and oxygen atoms in total. The molecule has 1 aromatic carbocycles. The summed E-state index contributed by atoms with van der Waals surface area (Å²) in [6, 6.07) is 5.11. The fourth-order valence-electron chi connectivity index (χ4n) is 1.99. The fourth-order valence-corrected chi connectivity index (χ4v) is 1.99. The van der Waals surface area contributed by atoms with Gasteiger partial charge in [0.15, 0.2) is 11.5 Å². The highest BCUT2D eigenvalue weighted by Crippen LogP contribution is 2.34. The molecular weight excluding hydrogens is 272 g/mol. The molecule has 1 aliphatic rings. The van der Waals surface area contributed by atoms with Gasteiger partial charge in [-0.1, -0.05) is 6.07 Å². The molecule has 0 bridgehead atoms. The van der Waals surface area contributed by atoms with Crippen LogP contribution in [-0.2, 0) is 0 Å². The number of amides is 2. The Morgan fingerprint density at radius 2 is 2.05 bits per heavy atom. The average molecular weight is 294 g/mol. The van der Waals surface area contributed by atoms with Gasteiger partial charge in [0.25, 0.3) is 0 Å². The Morgan fingerprint density at radius 3 is 2.76 bits per heavy atom. The van der Waals surface area contributed by atoms with Crippen molar-refractivity contribution in [2.45, 2.75) is 38.8 Å². The third-order valence-electron chi connectivity index (χ3n) is 2.97. The maximum atomic E-state index is 11.6. The van der Waals surface area contributed by atoms with Gasteiger partial charge in [-0.2, -0.15) is 0 Å². The standard InChI is InChI=1S/C15H22N2O4/c1-15(2,3)17-14(19)16-7-6-11(18)10-4-5-12-13(8-10)21-9-20-12/h4-5,8,11,18H,6-7,9H2,1-3H3,(H2,16,17,19). The second-order valence-electron chi connectivity index (χ2n) is 6.05. The zero-order chi connectivity index (χ0) is 15.5. The summed E-state index contributed by atoms with van der Waals surface area (Å²) < 4.78 is 10.5. The molecule has 0 spiro atoms. The molecule has 1 unspecified atom stereocenters. The van der Waals surface area contributed by atoms with Gasteiger partial charge >= 0.3 is 6.03 Å². The van der Waals surface area contributed by atoms with Crippen molar-refractivity contribution in [3.05, 3.63) is 23.8 Å².